The Morgan fingerprint density at radius 2 is 2.15 bits per heavy atom. The largest absolute Gasteiger partial charge is 0.496 e. The Bertz CT molecular complexity index is 479. The van der Waals surface area contributed by atoms with Crippen LogP contribution in [0.25, 0.3) is 0 Å². The van der Waals surface area contributed by atoms with Crippen LogP contribution in [0.4, 0.5) is 0 Å². The average molecular weight is 405 g/mol. The molecule has 0 aliphatic heterocycles. The van der Waals surface area contributed by atoms with Crippen molar-refractivity contribution in [1.82, 2.24) is 5.32 Å². The van der Waals surface area contributed by atoms with E-state index in [4.69, 9.17) is 4.74 Å². The predicted octanol–water partition coefficient (Wildman–Crippen LogP) is 4.00. The lowest BCUT2D eigenvalue weighted by molar-refractivity contribution is 0.0944. The van der Waals surface area contributed by atoms with Crippen LogP contribution in [0.1, 0.15) is 29.6 Å². The Morgan fingerprint density at radius 1 is 1.40 bits per heavy atom. The highest BCUT2D eigenvalue weighted by Gasteiger charge is 2.26. The van der Waals surface area contributed by atoms with E-state index in [9.17, 15) is 4.79 Å². The van der Waals surface area contributed by atoms with Crippen LogP contribution in [0.5, 0.6) is 5.75 Å². The van der Waals surface area contributed by atoms with Gasteiger partial charge in [0.15, 0.2) is 0 Å². The van der Waals surface area contributed by atoms with Gasteiger partial charge in [0.1, 0.15) is 5.75 Å². The second-order valence-electron chi connectivity index (χ2n) is 5.16. The molecule has 2 unspecified atom stereocenters. The maximum atomic E-state index is 12.2. The zero-order chi connectivity index (χ0) is 14.5. The number of methoxy groups -OCH3 is 1. The van der Waals surface area contributed by atoms with E-state index in [0.717, 1.165) is 22.1 Å². The molecular weight excluding hydrogens is 386 g/mol. The molecule has 0 radical (unpaired) electrons. The Kier molecular flexibility index (Phi) is 5.90. The van der Waals surface area contributed by atoms with Crippen molar-refractivity contribution in [2.24, 2.45) is 11.8 Å². The summed E-state index contributed by atoms with van der Waals surface area (Å²) >= 11 is 6.96. The molecule has 1 amide bonds. The Hall–Kier alpha value is -0.550. The molecule has 0 aromatic heterocycles. The molecule has 1 saturated carbocycles. The molecule has 0 bridgehead atoms. The van der Waals surface area contributed by atoms with Gasteiger partial charge in [-0.15, -0.1) is 0 Å². The third-order valence-corrected chi connectivity index (χ3v) is 5.40. The minimum atomic E-state index is -0.0198. The normalized spacial score (nSPS) is 21.8. The van der Waals surface area contributed by atoms with Gasteiger partial charge in [0.25, 0.3) is 5.91 Å². The summed E-state index contributed by atoms with van der Waals surface area (Å²) in [7, 11) is 1.61. The van der Waals surface area contributed by atoms with E-state index >= 15 is 0 Å². The number of carbonyl (C=O) groups is 1. The lowest BCUT2D eigenvalue weighted by atomic mass is 9.98. The number of carbonyl (C=O) groups excluding carboxylic acids is 1. The molecule has 1 aliphatic rings. The van der Waals surface area contributed by atoms with Crippen LogP contribution >= 0.6 is 31.9 Å². The van der Waals surface area contributed by atoms with Gasteiger partial charge in [0, 0.05) is 17.4 Å². The fourth-order valence-corrected chi connectivity index (χ4v) is 4.11. The van der Waals surface area contributed by atoms with Crippen molar-refractivity contribution < 1.29 is 9.53 Å². The molecule has 0 heterocycles. The van der Waals surface area contributed by atoms with Gasteiger partial charge in [-0.25, -0.2) is 0 Å². The summed E-state index contributed by atoms with van der Waals surface area (Å²) in [6.07, 6.45) is 3.74. The van der Waals surface area contributed by atoms with E-state index in [2.05, 4.69) is 37.2 Å². The standard InChI is InChI=1S/C15H19Br2NO2/c1-20-14-6-5-10(7-13(14)17)15(19)18-9-12-4-2-3-11(12)8-16/h5-7,11-12H,2-4,8-9H2,1H3,(H,18,19). The summed E-state index contributed by atoms with van der Waals surface area (Å²) in [6.45, 7) is 0.763. The minimum absolute atomic E-state index is 0.0198. The van der Waals surface area contributed by atoms with Crippen LogP contribution in [-0.2, 0) is 0 Å². The molecule has 1 fully saturated rings. The first-order valence-electron chi connectivity index (χ1n) is 6.83. The fourth-order valence-electron chi connectivity index (χ4n) is 2.72. The summed E-state index contributed by atoms with van der Waals surface area (Å²) in [5.74, 6) is 2.00. The number of halogens is 2. The summed E-state index contributed by atoms with van der Waals surface area (Å²) in [6, 6.07) is 5.39. The monoisotopic (exact) mass is 403 g/mol. The number of hydrogen-bond donors (Lipinski definition) is 1. The Morgan fingerprint density at radius 3 is 2.80 bits per heavy atom. The van der Waals surface area contributed by atoms with Crippen molar-refractivity contribution in [2.45, 2.75) is 19.3 Å². The van der Waals surface area contributed by atoms with E-state index in [1.165, 1.54) is 19.3 Å². The lowest BCUT2D eigenvalue weighted by Crippen LogP contribution is -2.31. The highest BCUT2D eigenvalue weighted by Crippen LogP contribution is 2.32. The number of benzene rings is 1. The van der Waals surface area contributed by atoms with Crippen molar-refractivity contribution in [3.8, 4) is 5.75 Å². The zero-order valence-corrected chi connectivity index (χ0v) is 14.7. The van der Waals surface area contributed by atoms with Gasteiger partial charge in [0.05, 0.1) is 11.6 Å². The second kappa shape index (κ2) is 7.46. The zero-order valence-electron chi connectivity index (χ0n) is 11.5. The Balaban J connectivity index is 1.93. The van der Waals surface area contributed by atoms with Crippen LogP contribution in [0, 0.1) is 11.8 Å². The van der Waals surface area contributed by atoms with E-state index < -0.39 is 0 Å². The molecule has 0 saturated heterocycles. The van der Waals surface area contributed by atoms with Gasteiger partial charge in [-0.1, -0.05) is 22.4 Å². The molecule has 20 heavy (non-hydrogen) atoms. The van der Waals surface area contributed by atoms with Crippen LogP contribution in [0.2, 0.25) is 0 Å². The van der Waals surface area contributed by atoms with Gasteiger partial charge in [-0.3, -0.25) is 4.79 Å². The summed E-state index contributed by atoms with van der Waals surface area (Å²) < 4.78 is 5.96. The molecule has 110 valence electrons. The van der Waals surface area contributed by atoms with Gasteiger partial charge in [-0.05, 0) is 58.8 Å². The van der Waals surface area contributed by atoms with Crippen LogP contribution in [0.15, 0.2) is 22.7 Å². The van der Waals surface area contributed by atoms with E-state index in [1.54, 1.807) is 25.3 Å². The van der Waals surface area contributed by atoms with E-state index in [-0.39, 0.29) is 5.91 Å². The van der Waals surface area contributed by atoms with Gasteiger partial charge in [-0.2, -0.15) is 0 Å². The number of nitrogens with one attached hydrogen (secondary N) is 1. The third-order valence-electron chi connectivity index (χ3n) is 3.95. The van der Waals surface area contributed by atoms with Crippen LogP contribution in [-0.4, -0.2) is 24.9 Å². The number of alkyl halides is 1. The van der Waals surface area contributed by atoms with E-state index in [0.29, 0.717) is 17.4 Å². The highest BCUT2D eigenvalue weighted by atomic mass is 79.9. The molecule has 1 aromatic rings. The Labute approximate surface area is 136 Å². The molecule has 3 nitrogen and oxygen atoms in total. The topological polar surface area (TPSA) is 38.3 Å². The SMILES string of the molecule is COc1ccc(C(=O)NCC2CCCC2CBr)cc1Br. The average Bonchev–Trinajstić information content (AvgIpc) is 2.92. The van der Waals surface area contributed by atoms with Crippen molar-refractivity contribution in [1.29, 1.82) is 0 Å². The summed E-state index contributed by atoms with van der Waals surface area (Å²) in [5.41, 5.74) is 0.658. The minimum Gasteiger partial charge on any atom is -0.496 e. The first-order chi connectivity index (χ1) is 9.65. The highest BCUT2D eigenvalue weighted by molar-refractivity contribution is 9.10. The molecule has 0 spiro atoms. The van der Waals surface area contributed by atoms with Crippen molar-refractivity contribution in [3.63, 3.8) is 0 Å². The molecule has 1 N–H and O–H groups in total. The first-order valence-corrected chi connectivity index (χ1v) is 8.75. The molecule has 2 rings (SSSR count). The predicted molar refractivity (Wildman–Crippen MR) is 87.7 cm³/mol. The lowest BCUT2D eigenvalue weighted by Gasteiger charge is -2.18. The van der Waals surface area contributed by atoms with Gasteiger partial charge >= 0.3 is 0 Å². The molecule has 2 atom stereocenters. The smallest absolute Gasteiger partial charge is 0.251 e. The van der Waals surface area contributed by atoms with Gasteiger partial charge in [0.2, 0.25) is 0 Å². The molecule has 1 aliphatic carbocycles. The summed E-state index contributed by atoms with van der Waals surface area (Å²) in [4.78, 5) is 12.2. The van der Waals surface area contributed by atoms with Crippen LogP contribution < -0.4 is 10.1 Å². The van der Waals surface area contributed by atoms with Crippen molar-refractivity contribution >= 4 is 37.8 Å². The maximum absolute atomic E-state index is 12.2. The third kappa shape index (κ3) is 3.76. The second-order valence-corrected chi connectivity index (χ2v) is 6.67. The number of amides is 1. The summed E-state index contributed by atoms with van der Waals surface area (Å²) in [5, 5.41) is 4.08. The first kappa shape index (κ1) is 15.8. The van der Waals surface area contributed by atoms with E-state index in [1.807, 2.05) is 0 Å². The van der Waals surface area contributed by atoms with Crippen molar-refractivity contribution in [3.05, 3.63) is 28.2 Å². The van der Waals surface area contributed by atoms with Gasteiger partial charge < -0.3 is 10.1 Å². The molecular formula is C15H19Br2NO2. The quantitative estimate of drug-likeness (QED) is 0.753. The number of ether oxygens (including phenoxy) is 1. The number of rotatable bonds is 5. The number of hydrogen-bond acceptors (Lipinski definition) is 2. The molecule has 5 heteroatoms. The maximum Gasteiger partial charge on any atom is 0.251 e. The van der Waals surface area contributed by atoms with Crippen molar-refractivity contribution in [2.75, 3.05) is 19.0 Å². The molecule has 1 aromatic carbocycles. The fraction of sp³-hybridized carbons (Fsp3) is 0.533. The van der Waals surface area contributed by atoms with Crippen LogP contribution in [0.3, 0.4) is 0 Å².